The Labute approximate surface area is 96.9 Å². The predicted octanol–water partition coefficient (Wildman–Crippen LogP) is 3.44. The van der Waals surface area contributed by atoms with Crippen LogP contribution in [0.4, 0.5) is 0 Å². The Morgan fingerprint density at radius 2 is 2.12 bits per heavy atom. The van der Waals surface area contributed by atoms with Gasteiger partial charge in [-0.25, -0.2) is 0 Å². The highest BCUT2D eigenvalue weighted by Gasteiger charge is 2.32. The van der Waals surface area contributed by atoms with Gasteiger partial charge in [0.15, 0.2) is 0 Å². The van der Waals surface area contributed by atoms with E-state index in [0.29, 0.717) is 0 Å². The molecule has 2 nitrogen and oxygen atoms in total. The number of nitrogens with zero attached hydrogens (tertiary/aromatic N) is 1. The Morgan fingerprint density at radius 3 is 2.75 bits per heavy atom. The van der Waals surface area contributed by atoms with E-state index in [4.69, 9.17) is 10.00 Å². The third-order valence-corrected chi connectivity index (χ3v) is 3.65. The molecule has 0 unspecified atom stereocenters. The number of nitriles is 1. The molecule has 0 atom stereocenters. The van der Waals surface area contributed by atoms with Crippen LogP contribution in [0, 0.1) is 11.3 Å². The van der Waals surface area contributed by atoms with Crippen molar-refractivity contribution in [2.24, 2.45) is 0 Å². The molecule has 0 fully saturated rings. The molecule has 0 spiro atoms. The smallest absolute Gasteiger partial charge is 0.123 e. The van der Waals surface area contributed by atoms with E-state index in [1.54, 1.807) is 0 Å². The highest BCUT2D eigenvalue weighted by atomic mass is 16.5. The Hall–Kier alpha value is -1.49. The third-order valence-electron chi connectivity index (χ3n) is 3.65. The maximum Gasteiger partial charge on any atom is 0.123 e. The average Bonchev–Trinajstić information content (AvgIpc) is 2.37. The van der Waals surface area contributed by atoms with Gasteiger partial charge in [0.2, 0.25) is 0 Å². The van der Waals surface area contributed by atoms with E-state index in [1.807, 2.05) is 18.2 Å². The van der Waals surface area contributed by atoms with E-state index < -0.39 is 0 Å². The van der Waals surface area contributed by atoms with Crippen molar-refractivity contribution in [1.82, 2.24) is 0 Å². The Morgan fingerprint density at radius 1 is 1.38 bits per heavy atom. The maximum absolute atomic E-state index is 8.84. The van der Waals surface area contributed by atoms with Crippen LogP contribution in [0.5, 0.6) is 5.75 Å². The van der Waals surface area contributed by atoms with Gasteiger partial charge in [-0.3, -0.25) is 0 Å². The number of aryl methyl sites for hydroxylation is 1. The summed E-state index contributed by atoms with van der Waals surface area (Å²) < 4.78 is 6.11. The lowest BCUT2D eigenvalue weighted by Gasteiger charge is -2.37. The molecule has 0 saturated heterocycles. The molecule has 16 heavy (non-hydrogen) atoms. The molecule has 1 aromatic rings. The molecule has 2 rings (SSSR count). The van der Waals surface area contributed by atoms with Crippen molar-refractivity contribution in [3.63, 3.8) is 0 Å². The van der Waals surface area contributed by atoms with Crippen molar-refractivity contribution in [2.75, 3.05) is 0 Å². The molecular weight excluding hydrogens is 198 g/mol. The minimum Gasteiger partial charge on any atom is -0.487 e. The summed E-state index contributed by atoms with van der Waals surface area (Å²) in [4.78, 5) is 0. The van der Waals surface area contributed by atoms with Crippen molar-refractivity contribution in [3.8, 4) is 11.8 Å². The monoisotopic (exact) mass is 215 g/mol. The first-order chi connectivity index (χ1) is 7.73. The molecule has 0 amide bonds. The molecule has 0 aliphatic carbocycles. The zero-order valence-corrected chi connectivity index (χ0v) is 9.92. The Balaban J connectivity index is 2.32. The highest BCUT2D eigenvalue weighted by Crippen LogP contribution is 2.37. The van der Waals surface area contributed by atoms with Crippen LogP contribution in [0.1, 0.15) is 44.2 Å². The first kappa shape index (κ1) is 11.0. The third kappa shape index (κ3) is 1.78. The van der Waals surface area contributed by atoms with Gasteiger partial charge in [-0.1, -0.05) is 13.8 Å². The van der Waals surface area contributed by atoms with Crippen LogP contribution >= 0.6 is 0 Å². The zero-order chi connectivity index (χ0) is 11.6. The van der Waals surface area contributed by atoms with Crippen LogP contribution in [0.3, 0.4) is 0 Å². The lowest BCUT2D eigenvalue weighted by molar-refractivity contribution is 0.0383. The van der Waals surface area contributed by atoms with Crippen LogP contribution in [0.25, 0.3) is 0 Å². The summed E-state index contributed by atoms with van der Waals surface area (Å²) >= 11 is 0. The van der Waals surface area contributed by atoms with E-state index in [-0.39, 0.29) is 5.60 Å². The lowest BCUT2D eigenvalue weighted by Crippen LogP contribution is -2.38. The SMILES string of the molecule is CCC1(CC)CCc2cc(C#N)ccc2O1. The topological polar surface area (TPSA) is 33.0 Å². The fourth-order valence-electron chi connectivity index (χ4n) is 2.34. The van der Waals surface area contributed by atoms with Crippen molar-refractivity contribution in [2.45, 2.75) is 45.1 Å². The average molecular weight is 215 g/mol. The molecule has 1 aliphatic rings. The van der Waals surface area contributed by atoms with Gasteiger partial charge in [0.25, 0.3) is 0 Å². The summed E-state index contributed by atoms with van der Waals surface area (Å²) in [6.07, 6.45) is 4.17. The first-order valence-corrected chi connectivity index (χ1v) is 5.95. The van der Waals surface area contributed by atoms with E-state index in [0.717, 1.165) is 37.0 Å². The lowest BCUT2D eigenvalue weighted by atomic mass is 9.86. The molecule has 1 aliphatic heterocycles. The summed E-state index contributed by atoms with van der Waals surface area (Å²) in [6.45, 7) is 4.36. The summed E-state index contributed by atoms with van der Waals surface area (Å²) in [6, 6.07) is 7.89. The number of rotatable bonds is 2. The summed E-state index contributed by atoms with van der Waals surface area (Å²) in [5.74, 6) is 0.967. The first-order valence-electron chi connectivity index (χ1n) is 5.95. The quantitative estimate of drug-likeness (QED) is 0.757. The fourth-order valence-corrected chi connectivity index (χ4v) is 2.34. The zero-order valence-electron chi connectivity index (χ0n) is 9.92. The van der Waals surface area contributed by atoms with Gasteiger partial charge in [0, 0.05) is 0 Å². The molecule has 84 valence electrons. The second-order valence-electron chi connectivity index (χ2n) is 4.43. The summed E-state index contributed by atoms with van der Waals surface area (Å²) in [7, 11) is 0. The highest BCUT2D eigenvalue weighted by molar-refractivity contribution is 5.43. The van der Waals surface area contributed by atoms with Gasteiger partial charge >= 0.3 is 0 Å². The molecule has 0 aromatic heterocycles. The van der Waals surface area contributed by atoms with Gasteiger partial charge in [-0.05, 0) is 49.4 Å². The normalized spacial score (nSPS) is 17.1. The molecule has 0 bridgehead atoms. The van der Waals surface area contributed by atoms with Gasteiger partial charge < -0.3 is 4.74 Å². The fraction of sp³-hybridized carbons (Fsp3) is 0.500. The van der Waals surface area contributed by atoms with Gasteiger partial charge in [0.05, 0.1) is 11.6 Å². The summed E-state index contributed by atoms with van der Waals surface area (Å²) in [5.41, 5.74) is 1.92. The van der Waals surface area contributed by atoms with Crippen molar-refractivity contribution in [1.29, 1.82) is 5.26 Å². The molecule has 1 aromatic carbocycles. The molecule has 0 radical (unpaired) electrons. The summed E-state index contributed by atoms with van der Waals surface area (Å²) in [5, 5.41) is 8.84. The van der Waals surface area contributed by atoms with E-state index in [9.17, 15) is 0 Å². The van der Waals surface area contributed by atoms with E-state index >= 15 is 0 Å². The van der Waals surface area contributed by atoms with Crippen LogP contribution in [0.15, 0.2) is 18.2 Å². The number of fused-ring (bicyclic) bond motifs is 1. The number of ether oxygens (including phenoxy) is 1. The van der Waals surface area contributed by atoms with Crippen molar-refractivity contribution >= 4 is 0 Å². The van der Waals surface area contributed by atoms with E-state index in [1.165, 1.54) is 5.56 Å². The number of hydrogen-bond donors (Lipinski definition) is 0. The molecule has 1 heterocycles. The number of benzene rings is 1. The van der Waals surface area contributed by atoms with Gasteiger partial charge in [0.1, 0.15) is 11.4 Å². The largest absolute Gasteiger partial charge is 0.487 e. The van der Waals surface area contributed by atoms with Crippen LogP contribution in [0.2, 0.25) is 0 Å². The Kier molecular flexibility index (Phi) is 2.87. The predicted molar refractivity (Wildman–Crippen MR) is 63.4 cm³/mol. The minimum atomic E-state index is 0.0150. The molecule has 0 saturated carbocycles. The van der Waals surface area contributed by atoms with E-state index in [2.05, 4.69) is 19.9 Å². The Bertz CT molecular complexity index is 427. The second kappa shape index (κ2) is 4.17. The van der Waals surface area contributed by atoms with Crippen LogP contribution in [-0.4, -0.2) is 5.60 Å². The number of hydrogen-bond acceptors (Lipinski definition) is 2. The standard InChI is InChI=1S/C14H17NO/c1-3-14(4-2)8-7-12-9-11(10-15)5-6-13(12)16-14/h5-6,9H,3-4,7-8H2,1-2H3. The van der Waals surface area contributed by atoms with Crippen LogP contribution < -0.4 is 4.74 Å². The minimum absolute atomic E-state index is 0.0150. The van der Waals surface area contributed by atoms with Crippen molar-refractivity contribution in [3.05, 3.63) is 29.3 Å². The maximum atomic E-state index is 8.84. The van der Waals surface area contributed by atoms with Gasteiger partial charge in [-0.15, -0.1) is 0 Å². The second-order valence-corrected chi connectivity index (χ2v) is 4.43. The molecular formula is C14H17NO. The van der Waals surface area contributed by atoms with Crippen molar-refractivity contribution < 1.29 is 4.74 Å². The van der Waals surface area contributed by atoms with Crippen LogP contribution in [-0.2, 0) is 6.42 Å². The molecule has 2 heteroatoms. The van der Waals surface area contributed by atoms with Gasteiger partial charge in [-0.2, -0.15) is 5.26 Å². The molecule has 0 N–H and O–H groups in total.